The molecule has 144 valence electrons. The summed E-state index contributed by atoms with van der Waals surface area (Å²) in [6.45, 7) is 6.25. The Kier molecular flexibility index (Phi) is 7.06. The second kappa shape index (κ2) is 9.27. The lowest BCUT2D eigenvalue weighted by molar-refractivity contribution is -0.136. The van der Waals surface area contributed by atoms with Crippen LogP contribution in [0.15, 0.2) is 29.6 Å². The molecule has 0 spiro atoms. The van der Waals surface area contributed by atoms with Gasteiger partial charge in [-0.2, -0.15) is 0 Å². The number of anilines is 1. The van der Waals surface area contributed by atoms with E-state index in [-0.39, 0.29) is 30.7 Å². The predicted octanol–water partition coefficient (Wildman–Crippen LogP) is 2.82. The number of carbonyl (C=O) groups is 3. The molecule has 2 amide bonds. The molecule has 0 fully saturated rings. The number of amides is 2. The molecule has 1 heterocycles. The topological polar surface area (TPSA) is 99.6 Å². The monoisotopic (exact) mass is 389 g/mol. The van der Waals surface area contributed by atoms with Gasteiger partial charge in [0.15, 0.2) is 5.13 Å². The first kappa shape index (κ1) is 20.6. The number of aryl methyl sites for hydroxylation is 1. The fourth-order valence-corrected chi connectivity index (χ4v) is 3.20. The molecule has 1 aromatic carbocycles. The number of carbonyl (C=O) groups excluding carboxylic acids is 2. The lowest BCUT2D eigenvalue weighted by Gasteiger charge is -2.24. The van der Waals surface area contributed by atoms with E-state index in [1.54, 1.807) is 17.5 Å². The van der Waals surface area contributed by atoms with Crippen LogP contribution in [-0.2, 0) is 16.0 Å². The molecule has 2 N–H and O–H groups in total. The molecule has 0 atom stereocenters. The van der Waals surface area contributed by atoms with Crippen molar-refractivity contribution in [3.63, 3.8) is 0 Å². The van der Waals surface area contributed by atoms with Crippen molar-refractivity contribution in [2.24, 2.45) is 5.92 Å². The predicted molar refractivity (Wildman–Crippen MR) is 104 cm³/mol. The molecule has 0 radical (unpaired) electrons. The molecule has 0 aliphatic heterocycles. The number of benzene rings is 1. The summed E-state index contributed by atoms with van der Waals surface area (Å²) >= 11 is 1.16. The Balaban J connectivity index is 2.05. The van der Waals surface area contributed by atoms with Gasteiger partial charge in [-0.1, -0.05) is 31.5 Å². The number of hydrogen-bond donors (Lipinski definition) is 2. The number of carboxylic acids is 1. The fraction of sp³-hybridized carbons (Fsp3) is 0.368. The Morgan fingerprint density at radius 3 is 2.48 bits per heavy atom. The number of hydrogen-bond acceptors (Lipinski definition) is 5. The minimum atomic E-state index is -0.982. The van der Waals surface area contributed by atoms with Crippen molar-refractivity contribution in [3.05, 3.63) is 46.5 Å². The van der Waals surface area contributed by atoms with E-state index >= 15 is 0 Å². The van der Waals surface area contributed by atoms with Crippen LogP contribution in [0.4, 0.5) is 5.13 Å². The van der Waals surface area contributed by atoms with Crippen molar-refractivity contribution in [3.8, 4) is 0 Å². The summed E-state index contributed by atoms with van der Waals surface area (Å²) in [5.74, 6) is -1.35. The molecular formula is C19H23N3O4S. The van der Waals surface area contributed by atoms with E-state index < -0.39 is 5.97 Å². The molecule has 0 saturated carbocycles. The SMILES string of the molecule is Cc1ccc(C(=O)N(CC(=O)Nc2nc(CC(=O)O)cs2)CC(C)C)cc1. The Hall–Kier alpha value is -2.74. The van der Waals surface area contributed by atoms with E-state index in [1.807, 2.05) is 32.9 Å². The zero-order valence-corrected chi connectivity index (χ0v) is 16.4. The summed E-state index contributed by atoms with van der Waals surface area (Å²) in [7, 11) is 0. The maximum absolute atomic E-state index is 12.8. The summed E-state index contributed by atoms with van der Waals surface area (Å²) in [5.41, 5.74) is 1.98. The van der Waals surface area contributed by atoms with Crippen LogP contribution in [0, 0.1) is 12.8 Å². The van der Waals surface area contributed by atoms with Crippen molar-refractivity contribution in [1.29, 1.82) is 0 Å². The third-order valence-corrected chi connectivity index (χ3v) is 4.44. The van der Waals surface area contributed by atoms with Crippen LogP contribution in [0.3, 0.4) is 0 Å². The first-order chi connectivity index (χ1) is 12.7. The van der Waals surface area contributed by atoms with Crippen LogP contribution in [0.2, 0.25) is 0 Å². The highest BCUT2D eigenvalue weighted by atomic mass is 32.1. The maximum atomic E-state index is 12.8. The van der Waals surface area contributed by atoms with E-state index in [0.717, 1.165) is 16.9 Å². The maximum Gasteiger partial charge on any atom is 0.309 e. The average Bonchev–Trinajstić information content (AvgIpc) is 2.99. The minimum Gasteiger partial charge on any atom is -0.481 e. The third kappa shape index (κ3) is 6.49. The smallest absolute Gasteiger partial charge is 0.309 e. The molecule has 2 aromatic rings. The van der Waals surface area contributed by atoms with Crippen LogP contribution in [0.1, 0.15) is 35.5 Å². The van der Waals surface area contributed by atoms with Crippen molar-refractivity contribution in [2.75, 3.05) is 18.4 Å². The van der Waals surface area contributed by atoms with Gasteiger partial charge in [-0.15, -0.1) is 11.3 Å². The quantitative estimate of drug-likeness (QED) is 0.723. The Morgan fingerprint density at radius 1 is 1.22 bits per heavy atom. The first-order valence-electron chi connectivity index (χ1n) is 8.56. The van der Waals surface area contributed by atoms with Crippen LogP contribution in [0.5, 0.6) is 0 Å². The second-order valence-electron chi connectivity index (χ2n) is 6.71. The van der Waals surface area contributed by atoms with Gasteiger partial charge in [0, 0.05) is 17.5 Å². The lowest BCUT2D eigenvalue weighted by atomic mass is 10.1. The van der Waals surface area contributed by atoms with Crippen LogP contribution >= 0.6 is 11.3 Å². The van der Waals surface area contributed by atoms with Gasteiger partial charge in [-0.25, -0.2) is 4.98 Å². The largest absolute Gasteiger partial charge is 0.481 e. The van der Waals surface area contributed by atoms with Gasteiger partial charge in [0.05, 0.1) is 12.1 Å². The number of nitrogens with one attached hydrogen (secondary N) is 1. The summed E-state index contributed by atoms with van der Waals surface area (Å²) in [6, 6.07) is 7.23. The van der Waals surface area contributed by atoms with Crippen LogP contribution in [0.25, 0.3) is 0 Å². The van der Waals surface area contributed by atoms with Gasteiger partial charge in [-0.05, 0) is 25.0 Å². The van der Waals surface area contributed by atoms with Crippen molar-refractivity contribution in [2.45, 2.75) is 27.2 Å². The minimum absolute atomic E-state index is 0.0985. The highest BCUT2D eigenvalue weighted by molar-refractivity contribution is 7.13. The molecule has 0 bridgehead atoms. The van der Waals surface area contributed by atoms with Gasteiger partial charge >= 0.3 is 5.97 Å². The summed E-state index contributed by atoms with van der Waals surface area (Å²) < 4.78 is 0. The Bertz CT molecular complexity index is 815. The van der Waals surface area contributed by atoms with Gasteiger partial charge in [0.25, 0.3) is 5.91 Å². The van der Waals surface area contributed by atoms with Crippen molar-refractivity contribution in [1.82, 2.24) is 9.88 Å². The van der Waals surface area contributed by atoms with E-state index in [9.17, 15) is 14.4 Å². The first-order valence-corrected chi connectivity index (χ1v) is 9.44. The van der Waals surface area contributed by atoms with Crippen LogP contribution < -0.4 is 5.32 Å². The molecule has 7 nitrogen and oxygen atoms in total. The van der Waals surface area contributed by atoms with Gasteiger partial charge in [0.2, 0.25) is 5.91 Å². The lowest BCUT2D eigenvalue weighted by Crippen LogP contribution is -2.40. The number of rotatable bonds is 8. The third-order valence-electron chi connectivity index (χ3n) is 3.64. The highest BCUT2D eigenvalue weighted by Gasteiger charge is 2.20. The second-order valence-corrected chi connectivity index (χ2v) is 7.57. The Labute approximate surface area is 162 Å². The molecule has 0 unspecified atom stereocenters. The molecule has 0 aliphatic carbocycles. The zero-order chi connectivity index (χ0) is 20.0. The van der Waals surface area contributed by atoms with E-state index in [4.69, 9.17) is 5.11 Å². The average molecular weight is 389 g/mol. The van der Waals surface area contributed by atoms with Crippen molar-refractivity contribution < 1.29 is 19.5 Å². The van der Waals surface area contributed by atoms with Gasteiger partial charge in [0.1, 0.15) is 6.54 Å². The molecule has 0 saturated heterocycles. The standard InChI is InChI=1S/C19H23N3O4S/c1-12(2)9-22(18(26)14-6-4-13(3)5-7-14)10-16(23)21-19-20-15(11-27-19)8-17(24)25/h4-7,11-12H,8-10H2,1-3H3,(H,24,25)(H,20,21,23). The molecule has 1 aromatic heterocycles. The zero-order valence-electron chi connectivity index (χ0n) is 15.6. The number of aromatic nitrogens is 1. The van der Waals surface area contributed by atoms with Crippen molar-refractivity contribution >= 4 is 34.3 Å². The summed E-state index contributed by atoms with van der Waals surface area (Å²) in [5, 5.41) is 13.3. The molecule has 0 aliphatic rings. The highest BCUT2D eigenvalue weighted by Crippen LogP contribution is 2.16. The van der Waals surface area contributed by atoms with E-state index in [2.05, 4.69) is 10.3 Å². The number of carboxylic acid groups (broad SMARTS) is 1. The molecule has 27 heavy (non-hydrogen) atoms. The fourth-order valence-electron chi connectivity index (χ4n) is 2.47. The van der Waals surface area contributed by atoms with E-state index in [1.165, 1.54) is 4.90 Å². The normalized spacial score (nSPS) is 10.7. The van der Waals surface area contributed by atoms with Gasteiger partial charge < -0.3 is 15.3 Å². The summed E-state index contributed by atoms with van der Waals surface area (Å²) in [4.78, 5) is 41.4. The van der Waals surface area contributed by atoms with E-state index in [0.29, 0.717) is 22.9 Å². The number of nitrogens with zero attached hydrogens (tertiary/aromatic N) is 2. The Morgan fingerprint density at radius 2 is 1.89 bits per heavy atom. The van der Waals surface area contributed by atoms with Gasteiger partial charge in [-0.3, -0.25) is 14.4 Å². The molecular weight excluding hydrogens is 366 g/mol. The summed E-state index contributed by atoms with van der Waals surface area (Å²) in [6.07, 6.45) is -0.197. The van der Waals surface area contributed by atoms with Crippen LogP contribution in [-0.4, -0.2) is 45.9 Å². The number of thiazole rings is 1. The molecule has 2 rings (SSSR count). The number of aliphatic carboxylic acids is 1. The molecule has 8 heteroatoms.